The number of amides is 1. The maximum absolute atomic E-state index is 12.2. The van der Waals surface area contributed by atoms with E-state index in [4.69, 9.17) is 4.74 Å². The van der Waals surface area contributed by atoms with Crippen molar-refractivity contribution < 1.29 is 17.9 Å². The number of aliphatic imine (C=N–C) groups is 1. The van der Waals surface area contributed by atoms with Crippen molar-refractivity contribution in [1.29, 1.82) is 0 Å². The Morgan fingerprint density at radius 3 is 2.10 bits per heavy atom. The summed E-state index contributed by atoms with van der Waals surface area (Å²) < 4.78 is 29.0. The Labute approximate surface area is 177 Å². The number of hydrogen-bond acceptors (Lipinski definition) is 5. The number of sulfone groups is 1. The van der Waals surface area contributed by atoms with Crippen LogP contribution in [0.1, 0.15) is 61.8 Å². The van der Waals surface area contributed by atoms with Gasteiger partial charge < -0.3 is 20.3 Å². The number of rotatable bonds is 8. The van der Waals surface area contributed by atoms with Crippen LogP contribution in [-0.2, 0) is 14.6 Å². The second kappa shape index (κ2) is 11.0. The fourth-order valence-corrected chi connectivity index (χ4v) is 3.44. The van der Waals surface area contributed by atoms with Gasteiger partial charge in [-0.3, -0.25) is 4.99 Å². The summed E-state index contributed by atoms with van der Waals surface area (Å²) in [5.74, 6) is 0.898. The molecule has 0 aromatic heterocycles. The third kappa shape index (κ3) is 10.7. The van der Waals surface area contributed by atoms with Gasteiger partial charge in [0, 0.05) is 33.2 Å². The minimum atomic E-state index is -3.19. The molecule has 2 N–H and O–H groups in total. The SMILES string of the molecule is CN=C(NCCS(=O)(=O)C(C)(C)C)N(C)CCC(NC(=O)OC(C)(C)C)C(C)C. The van der Waals surface area contributed by atoms with E-state index in [0.29, 0.717) is 25.5 Å². The van der Waals surface area contributed by atoms with Gasteiger partial charge in [-0.2, -0.15) is 0 Å². The van der Waals surface area contributed by atoms with Crippen LogP contribution in [0.25, 0.3) is 0 Å². The monoisotopic (exact) mass is 434 g/mol. The molecule has 0 saturated heterocycles. The average Bonchev–Trinajstić information content (AvgIpc) is 2.52. The highest BCUT2D eigenvalue weighted by Gasteiger charge is 2.28. The van der Waals surface area contributed by atoms with E-state index in [1.807, 2.05) is 46.6 Å². The Bertz CT molecular complexity index is 646. The Morgan fingerprint density at radius 2 is 1.69 bits per heavy atom. The number of nitrogens with zero attached hydrogens (tertiary/aromatic N) is 2. The minimum absolute atomic E-state index is 0.0399. The maximum atomic E-state index is 12.2. The van der Waals surface area contributed by atoms with Gasteiger partial charge in [-0.1, -0.05) is 13.8 Å². The van der Waals surface area contributed by atoms with Crippen LogP contribution in [0.15, 0.2) is 4.99 Å². The first-order valence-electron chi connectivity index (χ1n) is 10.1. The highest BCUT2D eigenvalue weighted by Crippen LogP contribution is 2.15. The average molecular weight is 435 g/mol. The van der Waals surface area contributed by atoms with E-state index in [0.717, 1.165) is 0 Å². The zero-order valence-corrected chi connectivity index (χ0v) is 20.7. The molecule has 1 amide bonds. The molecule has 0 radical (unpaired) electrons. The van der Waals surface area contributed by atoms with Crippen LogP contribution in [0.3, 0.4) is 0 Å². The fourth-order valence-electron chi connectivity index (χ4n) is 2.46. The lowest BCUT2D eigenvalue weighted by molar-refractivity contribution is 0.0485. The summed E-state index contributed by atoms with van der Waals surface area (Å²) in [6, 6.07) is -0.0494. The van der Waals surface area contributed by atoms with Crippen LogP contribution in [0.5, 0.6) is 0 Å². The highest BCUT2D eigenvalue weighted by atomic mass is 32.2. The predicted molar refractivity (Wildman–Crippen MR) is 120 cm³/mol. The molecular weight excluding hydrogens is 392 g/mol. The van der Waals surface area contributed by atoms with Crippen LogP contribution in [0.4, 0.5) is 4.79 Å². The van der Waals surface area contributed by atoms with Crippen LogP contribution < -0.4 is 10.6 Å². The lowest BCUT2D eigenvalue weighted by Crippen LogP contribution is -2.46. The molecule has 29 heavy (non-hydrogen) atoms. The van der Waals surface area contributed by atoms with Crippen molar-refractivity contribution in [2.24, 2.45) is 10.9 Å². The summed E-state index contributed by atoms with van der Waals surface area (Å²) in [6.07, 6.45) is 0.280. The highest BCUT2D eigenvalue weighted by molar-refractivity contribution is 7.92. The number of carbonyl (C=O) groups is 1. The second-order valence-electron chi connectivity index (χ2n) is 9.61. The first-order valence-corrected chi connectivity index (χ1v) is 11.8. The van der Waals surface area contributed by atoms with Gasteiger partial charge in [-0.15, -0.1) is 0 Å². The van der Waals surface area contributed by atoms with Gasteiger partial charge in [0.1, 0.15) is 5.60 Å². The zero-order valence-electron chi connectivity index (χ0n) is 19.9. The lowest BCUT2D eigenvalue weighted by Gasteiger charge is -2.28. The molecule has 0 spiro atoms. The van der Waals surface area contributed by atoms with Crippen LogP contribution >= 0.6 is 0 Å². The van der Waals surface area contributed by atoms with Gasteiger partial charge in [-0.05, 0) is 53.9 Å². The molecule has 172 valence electrons. The number of carbonyl (C=O) groups excluding carboxylic acids is 1. The minimum Gasteiger partial charge on any atom is -0.444 e. The van der Waals surface area contributed by atoms with Crippen LogP contribution in [-0.4, -0.2) is 74.7 Å². The van der Waals surface area contributed by atoms with Crippen molar-refractivity contribution in [3.63, 3.8) is 0 Å². The van der Waals surface area contributed by atoms with E-state index in [1.165, 1.54) is 0 Å². The van der Waals surface area contributed by atoms with E-state index in [9.17, 15) is 13.2 Å². The molecule has 0 saturated carbocycles. The molecule has 8 nitrogen and oxygen atoms in total. The lowest BCUT2D eigenvalue weighted by atomic mass is 10.0. The smallest absolute Gasteiger partial charge is 0.407 e. The number of nitrogens with one attached hydrogen (secondary N) is 2. The molecular formula is C20H42N4O4S. The molecule has 0 rings (SSSR count). The van der Waals surface area contributed by atoms with Crippen molar-refractivity contribution in [3.8, 4) is 0 Å². The Kier molecular flexibility index (Phi) is 10.5. The standard InChI is InChI=1S/C20H42N4O4S/c1-15(2)16(23-18(25)28-19(3,4)5)11-13-24(10)17(21-9)22-12-14-29(26,27)20(6,7)8/h15-16H,11-14H2,1-10H3,(H,21,22)(H,23,25). The fraction of sp³-hybridized carbons (Fsp3) is 0.900. The van der Waals surface area contributed by atoms with Crippen molar-refractivity contribution in [3.05, 3.63) is 0 Å². The molecule has 0 fully saturated rings. The van der Waals surface area contributed by atoms with E-state index in [1.54, 1.807) is 27.8 Å². The van der Waals surface area contributed by atoms with Gasteiger partial charge in [0.15, 0.2) is 15.8 Å². The number of alkyl carbamates (subject to hydrolysis) is 1. The van der Waals surface area contributed by atoms with Gasteiger partial charge in [-0.25, -0.2) is 13.2 Å². The quantitative estimate of drug-likeness (QED) is 0.450. The predicted octanol–water partition coefficient (Wildman–Crippen LogP) is 2.65. The summed E-state index contributed by atoms with van der Waals surface area (Å²) in [6.45, 7) is 15.6. The number of ether oxygens (including phenoxy) is 1. The summed E-state index contributed by atoms with van der Waals surface area (Å²) in [4.78, 5) is 18.2. The molecule has 0 aliphatic heterocycles. The summed E-state index contributed by atoms with van der Waals surface area (Å²) in [7, 11) is 0.360. The molecule has 1 atom stereocenters. The van der Waals surface area contributed by atoms with Gasteiger partial charge >= 0.3 is 6.09 Å². The first kappa shape index (κ1) is 27.5. The topological polar surface area (TPSA) is 100 Å². The Balaban J connectivity index is 4.72. The first-order chi connectivity index (χ1) is 13.0. The number of guanidine groups is 1. The molecule has 0 bridgehead atoms. The summed E-state index contributed by atoms with van der Waals surface area (Å²) in [5, 5.41) is 6.04. The summed E-state index contributed by atoms with van der Waals surface area (Å²) in [5.41, 5.74) is -0.540. The third-order valence-electron chi connectivity index (χ3n) is 4.44. The van der Waals surface area contributed by atoms with E-state index >= 15 is 0 Å². The maximum Gasteiger partial charge on any atom is 0.407 e. The van der Waals surface area contributed by atoms with E-state index in [-0.39, 0.29) is 17.7 Å². The number of hydrogen-bond donors (Lipinski definition) is 2. The zero-order chi connectivity index (χ0) is 23.0. The molecule has 0 heterocycles. The van der Waals surface area contributed by atoms with Crippen molar-refractivity contribution in [1.82, 2.24) is 15.5 Å². The largest absolute Gasteiger partial charge is 0.444 e. The van der Waals surface area contributed by atoms with Crippen molar-refractivity contribution in [2.75, 3.05) is 32.9 Å². The van der Waals surface area contributed by atoms with Gasteiger partial charge in [0.25, 0.3) is 0 Å². The summed E-state index contributed by atoms with van der Waals surface area (Å²) >= 11 is 0. The van der Waals surface area contributed by atoms with Gasteiger partial charge in [0.05, 0.1) is 10.5 Å². The normalized spacial score (nSPS) is 14.5. The van der Waals surface area contributed by atoms with Crippen LogP contribution in [0, 0.1) is 5.92 Å². The Hall–Kier alpha value is -1.51. The van der Waals surface area contributed by atoms with Crippen molar-refractivity contribution in [2.45, 2.75) is 78.2 Å². The van der Waals surface area contributed by atoms with Gasteiger partial charge in [0.2, 0.25) is 0 Å². The molecule has 0 aliphatic carbocycles. The molecule has 9 heteroatoms. The van der Waals surface area contributed by atoms with E-state index in [2.05, 4.69) is 15.6 Å². The van der Waals surface area contributed by atoms with E-state index < -0.39 is 26.3 Å². The van der Waals surface area contributed by atoms with Crippen LogP contribution in [0.2, 0.25) is 0 Å². The molecule has 0 aromatic carbocycles. The van der Waals surface area contributed by atoms with Crippen molar-refractivity contribution >= 4 is 21.9 Å². The molecule has 1 unspecified atom stereocenters. The second-order valence-corrected chi connectivity index (χ2v) is 12.5. The molecule has 0 aliphatic rings. The Morgan fingerprint density at radius 1 is 1.14 bits per heavy atom. The molecule has 0 aromatic rings. The third-order valence-corrected chi connectivity index (χ3v) is 7.05.